The third-order valence-electron chi connectivity index (χ3n) is 3.08. The molecule has 0 aliphatic heterocycles. The molecule has 1 N–H and O–H groups in total. The largest absolute Gasteiger partial charge is 0.454 e. The smallest absolute Gasteiger partial charge is 0.147 e. The molecule has 0 bridgehead atoms. The zero-order chi connectivity index (χ0) is 15.6. The van der Waals surface area contributed by atoms with Gasteiger partial charge >= 0.3 is 0 Å². The highest BCUT2D eigenvalue weighted by Gasteiger charge is 2.12. The summed E-state index contributed by atoms with van der Waals surface area (Å²) in [6.45, 7) is 2.05. The van der Waals surface area contributed by atoms with Gasteiger partial charge in [-0.2, -0.15) is 0 Å². The van der Waals surface area contributed by atoms with Crippen LogP contribution >= 0.6 is 50.7 Å². The summed E-state index contributed by atoms with van der Waals surface area (Å²) >= 11 is 21.8. The van der Waals surface area contributed by atoms with Crippen LogP contribution in [-0.2, 0) is 0 Å². The van der Waals surface area contributed by atoms with E-state index in [0.29, 0.717) is 31.0 Å². The van der Waals surface area contributed by atoms with E-state index in [4.69, 9.17) is 39.5 Å². The third kappa shape index (κ3) is 4.05. The maximum atomic E-state index is 6.27. The zero-order valence-corrected chi connectivity index (χ0v) is 15.2. The van der Waals surface area contributed by atoms with E-state index in [9.17, 15) is 0 Å². The van der Waals surface area contributed by atoms with E-state index in [1.165, 1.54) is 0 Å². The Labute approximate surface area is 147 Å². The van der Waals surface area contributed by atoms with Crippen LogP contribution < -0.4 is 10.1 Å². The lowest BCUT2D eigenvalue weighted by Gasteiger charge is -2.14. The van der Waals surface area contributed by atoms with Crippen LogP contribution in [0, 0.1) is 0 Å². The van der Waals surface area contributed by atoms with E-state index < -0.39 is 0 Å². The summed E-state index contributed by atoms with van der Waals surface area (Å²) in [7, 11) is 1.90. The van der Waals surface area contributed by atoms with E-state index in [0.717, 1.165) is 5.56 Å². The first-order chi connectivity index (χ1) is 9.92. The van der Waals surface area contributed by atoms with E-state index in [2.05, 4.69) is 28.2 Å². The van der Waals surface area contributed by atoms with Crippen LogP contribution in [0.1, 0.15) is 18.5 Å². The molecule has 2 aromatic carbocycles. The molecule has 0 saturated heterocycles. The topological polar surface area (TPSA) is 21.3 Å². The number of rotatable bonds is 4. The molecule has 0 radical (unpaired) electrons. The van der Waals surface area contributed by atoms with E-state index in [1.54, 1.807) is 12.1 Å². The molecule has 0 aliphatic carbocycles. The van der Waals surface area contributed by atoms with Gasteiger partial charge in [0, 0.05) is 16.6 Å². The Bertz CT molecular complexity index is 664. The van der Waals surface area contributed by atoms with Gasteiger partial charge in [-0.1, -0.05) is 40.9 Å². The highest BCUT2D eigenvalue weighted by molar-refractivity contribution is 9.10. The molecule has 0 aromatic heterocycles. The Morgan fingerprint density at radius 1 is 1.00 bits per heavy atom. The monoisotopic (exact) mass is 407 g/mol. The number of ether oxygens (including phenoxy) is 1. The Hall–Kier alpha value is -0.450. The zero-order valence-electron chi connectivity index (χ0n) is 11.4. The maximum absolute atomic E-state index is 6.27. The van der Waals surface area contributed by atoms with Gasteiger partial charge < -0.3 is 10.1 Å². The molecule has 1 unspecified atom stereocenters. The highest BCUT2D eigenvalue weighted by atomic mass is 79.9. The summed E-state index contributed by atoms with van der Waals surface area (Å²) in [5, 5.41) is 4.65. The van der Waals surface area contributed by atoms with Crippen molar-refractivity contribution in [2.75, 3.05) is 7.05 Å². The van der Waals surface area contributed by atoms with Gasteiger partial charge in [0.1, 0.15) is 11.5 Å². The van der Waals surface area contributed by atoms with Gasteiger partial charge in [-0.25, -0.2) is 0 Å². The highest BCUT2D eigenvalue weighted by Crippen LogP contribution is 2.38. The third-order valence-corrected chi connectivity index (χ3v) is 4.87. The van der Waals surface area contributed by atoms with Gasteiger partial charge in [-0.15, -0.1) is 0 Å². The summed E-state index contributed by atoms with van der Waals surface area (Å²) in [6, 6.07) is 9.18. The Kier molecular flexibility index (Phi) is 5.81. The summed E-state index contributed by atoms with van der Waals surface area (Å²) in [6.07, 6.45) is 0. The Morgan fingerprint density at radius 2 is 1.67 bits per heavy atom. The molecule has 21 heavy (non-hydrogen) atoms. The second kappa shape index (κ2) is 7.21. The van der Waals surface area contributed by atoms with Crippen molar-refractivity contribution < 1.29 is 4.74 Å². The molecule has 0 aliphatic rings. The summed E-state index contributed by atoms with van der Waals surface area (Å²) in [5.74, 6) is 0.991. The lowest BCUT2D eigenvalue weighted by atomic mass is 10.1. The van der Waals surface area contributed by atoms with Crippen LogP contribution in [0.4, 0.5) is 0 Å². The van der Waals surface area contributed by atoms with E-state index in [-0.39, 0.29) is 6.04 Å². The summed E-state index contributed by atoms with van der Waals surface area (Å²) in [5.41, 5.74) is 1.08. The van der Waals surface area contributed by atoms with Crippen molar-refractivity contribution in [3.05, 3.63) is 55.4 Å². The molecule has 0 amide bonds. The van der Waals surface area contributed by atoms with Crippen molar-refractivity contribution in [1.29, 1.82) is 0 Å². The van der Waals surface area contributed by atoms with Crippen LogP contribution in [0.3, 0.4) is 0 Å². The van der Waals surface area contributed by atoms with Gasteiger partial charge in [-0.3, -0.25) is 0 Å². The Morgan fingerprint density at radius 3 is 2.29 bits per heavy atom. The fraction of sp³-hybridized carbons (Fsp3) is 0.200. The number of halogens is 4. The molecule has 2 aromatic rings. The first-order valence-corrected chi connectivity index (χ1v) is 8.14. The van der Waals surface area contributed by atoms with Crippen molar-refractivity contribution in [1.82, 2.24) is 5.32 Å². The normalized spacial score (nSPS) is 12.3. The predicted molar refractivity (Wildman–Crippen MR) is 93.2 cm³/mol. The van der Waals surface area contributed by atoms with Crippen molar-refractivity contribution in [3.63, 3.8) is 0 Å². The number of hydrogen-bond donors (Lipinski definition) is 1. The average molecular weight is 410 g/mol. The molecule has 2 rings (SSSR count). The lowest BCUT2D eigenvalue weighted by Crippen LogP contribution is -2.12. The second-order valence-corrected chi connectivity index (χ2v) is 6.57. The SMILES string of the molecule is CNC(C)c1ccc(Oc2cc(Cl)c(Br)cc2Cl)c(Cl)c1. The fourth-order valence-corrected chi connectivity index (χ4v) is 2.80. The van der Waals surface area contributed by atoms with Gasteiger partial charge in [0.25, 0.3) is 0 Å². The van der Waals surface area contributed by atoms with Gasteiger partial charge in [-0.05, 0) is 53.7 Å². The molecular formula is C15H13BrCl3NO. The molecule has 112 valence electrons. The lowest BCUT2D eigenvalue weighted by molar-refractivity contribution is 0.482. The summed E-state index contributed by atoms with van der Waals surface area (Å²) in [4.78, 5) is 0. The molecule has 2 nitrogen and oxygen atoms in total. The van der Waals surface area contributed by atoms with Gasteiger partial charge in [0.2, 0.25) is 0 Å². The fourth-order valence-electron chi connectivity index (χ4n) is 1.74. The molecule has 6 heteroatoms. The number of benzene rings is 2. The minimum atomic E-state index is 0.210. The molecule has 0 saturated carbocycles. The van der Waals surface area contributed by atoms with Crippen LogP contribution in [0.5, 0.6) is 11.5 Å². The predicted octanol–water partition coefficient (Wildman–Crippen LogP) is 6.48. The van der Waals surface area contributed by atoms with Crippen molar-refractivity contribution in [2.24, 2.45) is 0 Å². The van der Waals surface area contributed by atoms with Crippen LogP contribution in [0.2, 0.25) is 15.1 Å². The van der Waals surface area contributed by atoms with Crippen molar-refractivity contribution in [2.45, 2.75) is 13.0 Å². The second-order valence-electron chi connectivity index (χ2n) is 4.50. The van der Waals surface area contributed by atoms with E-state index in [1.807, 2.05) is 25.2 Å². The standard InChI is InChI=1S/C15H13BrCl3NO/c1-8(20-2)9-3-4-14(12(18)5-9)21-15-7-11(17)10(16)6-13(15)19/h3-8,20H,1-2H3. The number of hydrogen-bond acceptors (Lipinski definition) is 2. The molecule has 0 heterocycles. The van der Waals surface area contributed by atoms with Crippen LogP contribution in [-0.4, -0.2) is 7.05 Å². The molecule has 1 atom stereocenters. The molecule has 0 fully saturated rings. The molecular weight excluding hydrogens is 396 g/mol. The van der Waals surface area contributed by atoms with E-state index >= 15 is 0 Å². The summed E-state index contributed by atoms with van der Waals surface area (Å²) < 4.78 is 6.47. The average Bonchev–Trinajstić information content (AvgIpc) is 2.45. The van der Waals surface area contributed by atoms with Gasteiger partial charge in [0.05, 0.1) is 15.1 Å². The molecule has 0 spiro atoms. The minimum Gasteiger partial charge on any atom is -0.454 e. The van der Waals surface area contributed by atoms with Gasteiger partial charge in [0.15, 0.2) is 0 Å². The number of nitrogens with one attached hydrogen (secondary N) is 1. The minimum absolute atomic E-state index is 0.210. The quantitative estimate of drug-likeness (QED) is 0.583. The van der Waals surface area contributed by atoms with Crippen molar-refractivity contribution in [3.8, 4) is 11.5 Å². The van der Waals surface area contributed by atoms with Crippen LogP contribution in [0.15, 0.2) is 34.8 Å². The van der Waals surface area contributed by atoms with Crippen LogP contribution in [0.25, 0.3) is 0 Å². The first-order valence-electron chi connectivity index (χ1n) is 6.21. The Balaban J connectivity index is 2.30. The first kappa shape index (κ1) is 16.9. The van der Waals surface area contributed by atoms with Crippen molar-refractivity contribution >= 4 is 50.7 Å². The maximum Gasteiger partial charge on any atom is 0.147 e.